The maximum absolute atomic E-state index is 8.36. The van der Waals surface area contributed by atoms with Crippen LogP contribution < -0.4 is 5.73 Å². The summed E-state index contributed by atoms with van der Waals surface area (Å²) in [5, 5.41) is 12.2. The molecule has 0 aliphatic rings. The maximum Gasteiger partial charge on any atom is 0.0749 e. The zero-order valence-corrected chi connectivity index (χ0v) is 7.38. The Balaban J connectivity index is 2.63. The van der Waals surface area contributed by atoms with Gasteiger partial charge in [0.15, 0.2) is 0 Å². The van der Waals surface area contributed by atoms with Crippen LogP contribution in [0, 0.1) is 0 Å². The molecule has 0 unspecified atom stereocenters. The molecule has 0 aliphatic carbocycles. The van der Waals surface area contributed by atoms with Gasteiger partial charge in [0.05, 0.1) is 11.7 Å². The standard InChI is InChI=1S/C10H9N3O/c11-9-1-2-10-8(4-9)3-7(5-12-10)6-13-14/h1-6,14H,11H2/b13-6+. The van der Waals surface area contributed by atoms with Crippen molar-refractivity contribution in [1.82, 2.24) is 4.98 Å². The van der Waals surface area contributed by atoms with E-state index in [0.717, 1.165) is 16.5 Å². The number of aromatic nitrogens is 1. The van der Waals surface area contributed by atoms with Gasteiger partial charge in [-0.1, -0.05) is 5.16 Å². The second-order valence-corrected chi connectivity index (χ2v) is 2.97. The van der Waals surface area contributed by atoms with Gasteiger partial charge in [0.25, 0.3) is 0 Å². The topological polar surface area (TPSA) is 71.5 Å². The number of oxime groups is 1. The van der Waals surface area contributed by atoms with Crippen LogP contribution in [0.25, 0.3) is 10.9 Å². The highest BCUT2D eigenvalue weighted by molar-refractivity contribution is 5.88. The zero-order valence-electron chi connectivity index (χ0n) is 7.38. The van der Waals surface area contributed by atoms with E-state index in [1.165, 1.54) is 6.21 Å². The molecule has 1 heterocycles. The van der Waals surface area contributed by atoms with Crippen LogP contribution in [-0.4, -0.2) is 16.4 Å². The Morgan fingerprint density at radius 3 is 3.00 bits per heavy atom. The van der Waals surface area contributed by atoms with Crippen LogP contribution in [0.4, 0.5) is 5.69 Å². The van der Waals surface area contributed by atoms with Gasteiger partial charge in [-0.25, -0.2) is 0 Å². The number of anilines is 1. The van der Waals surface area contributed by atoms with Gasteiger partial charge in [0.1, 0.15) is 0 Å². The molecule has 0 saturated carbocycles. The minimum Gasteiger partial charge on any atom is -0.411 e. The first kappa shape index (κ1) is 8.50. The quantitative estimate of drug-likeness (QED) is 0.308. The van der Waals surface area contributed by atoms with Gasteiger partial charge >= 0.3 is 0 Å². The van der Waals surface area contributed by atoms with Crippen molar-refractivity contribution in [1.29, 1.82) is 0 Å². The number of hydrogen-bond acceptors (Lipinski definition) is 4. The predicted octanol–water partition coefficient (Wildman–Crippen LogP) is 1.63. The molecule has 4 heteroatoms. The van der Waals surface area contributed by atoms with Crippen LogP contribution in [0.3, 0.4) is 0 Å². The highest BCUT2D eigenvalue weighted by atomic mass is 16.4. The molecule has 1 aromatic heterocycles. The number of rotatable bonds is 1. The molecule has 14 heavy (non-hydrogen) atoms. The van der Waals surface area contributed by atoms with Crippen molar-refractivity contribution in [2.75, 3.05) is 5.73 Å². The van der Waals surface area contributed by atoms with E-state index in [4.69, 9.17) is 10.9 Å². The van der Waals surface area contributed by atoms with Gasteiger partial charge in [-0.2, -0.15) is 0 Å². The van der Waals surface area contributed by atoms with Gasteiger partial charge < -0.3 is 10.9 Å². The molecule has 0 spiro atoms. The molecule has 0 atom stereocenters. The fourth-order valence-electron chi connectivity index (χ4n) is 1.30. The summed E-state index contributed by atoms with van der Waals surface area (Å²) in [6, 6.07) is 7.34. The Bertz CT molecular complexity index is 494. The molecule has 0 saturated heterocycles. The molecule has 0 amide bonds. The third kappa shape index (κ3) is 1.50. The van der Waals surface area contributed by atoms with Gasteiger partial charge in [-0.3, -0.25) is 4.98 Å². The maximum atomic E-state index is 8.36. The zero-order chi connectivity index (χ0) is 9.97. The monoisotopic (exact) mass is 187 g/mol. The highest BCUT2D eigenvalue weighted by Gasteiger charge is 1.96. The number of nitrogens with zero attached hydrogens (tertiary/aromatic N) is 2. The van der Waals surface area contributed by atoms with Crippen LogP contribution >= 0.6 is 0 Å². The van der Waals surface area contributed by atoms with Gasteiger partial charge in [0, 0.05) is 22.8 Å². The molecule has 1 aromatic carbocycles. The predicted molar refractivity (Wildman–Crippen MR) is 55.5 cm³/mol. The molecule has 70 valence electrons. The van der Waals surface area contributed by atoms with E-state index in [1.54, 1.807) is 12.3 Å². The lowest BCUT2D eigenvalue weighted by Crippen LogP contribution is -1.88. The lowest BCUT2D eigenvalue weighted by atomic mass is 10.1. The highest BCUT2D eigenvalue weighted by Crippen LogP contribution is 2.15. The van der Waals surface area contributed by atoms with Crippen molar-refractivity contribution in [3.63, 3.8) is 0 Å². The van der Waals surface area contributed by atoms with Crippen molar-refractivity contribution in [3.05, 3.63) is 36.0 Å². The molecule has 0 aliphatic heterocycles. The van der Waals surface area contributed by atoms with E-state index in [0.29, 0.717) is 5.69 Å². The summed E-state index contributed by atoms with van der Waals surface area (Å²) in [6.07, 6.45) is 2.97. The molecule has 0 fully saturated rings. The molecule has 0 bridgehead atoms. The van der Waals surface area contributed by atoms with Crippen molar-refractivity contribution >= 4 is 22.8 Å². The van der Waals surface area contributed by atoms with Crippen LogP contribution in [0.15, 0.2) is 35.6 Å². The number of hydrogen-bond donors (Lipinski definition) is 2. The summed E-state index contributed by atoms with van der Waals surface area (Å²) in [5.41, 5.74) is 7.94. The molecular formula is C10H9N3O. The summed E-state index contributed by atoms with van der Waals surface area (Å²) >= 11 is 0. The van der Waals surface area contributed by atoms with E-state index in [2.05, 4.69) is 10.1 Å². The third-order valence-corrected chi connectivity index (χ3v) is 1.93. The fraction of sp³-hybridized carbons (Fsp3) is 0. The first-order valence-electron chi connectivity index (χ1n) is 4.12. The molecule has 2 aromatic rings. The number of fused-ring (bicyclic) bond motifs is 1. The van der Waals surface area contributed by atoms with Crippen LogP contribution in [0.1, 0.15) is 5.56 Å². The molecule has 3 N–H and O–H groups in total. The van der Waals surface area contributed by atoms with E-state index < -0.39 is 0 Å². The summed E-state index contributed by atoms with van der Waals surface area (Å²) in [4.78, 5) is 4.18. The van der Waals surface area contributed by atoms with E-state index >= 15 is 0 Å². The molecular weight excluding hydrogens is 178 g/mol. The van der Waals surface area contributed by atoms with Gasteiger partial charge in [-0.05, 0) is 24.3 Å². The molecule has 4 nitrogen and oxygen atoms in total. The lowest BCUT2D eigenvalue weighted by molar-refractivity contribution is 0.322. The minimum atomic E-state index is 0.692. The Morgan fingerprint density at radius 2 is 2.21 bits per heavy atom. The Kier molecular flexibility index (Phi) is 2.02. The van der Waals surface area contributed by atoms with Gasteiger partial charge in [-0.15, -0.1) is 0 Å². The summed E-state index contributed by atoms with van der Waals surface area (Å²) in [6.45, 7) is 0. The lowest BCUT2D eigenvalue weighted by Gasteiger charge is -1.99. The third-order valence-electron chi connectivity index (χ3n) is 1.93. The average molecular weight is 187 g/mol. The first-order chi connectivity index (χ1) is 6.79. The van der Waals surface area contributed by atoms with Crippen molar-refractivity contribution in [2.24, 2.45) is 5.16 Å². The fourth-order valence-corrected chi connectivity index (χ4v) is 1.30. The Morgan fingerprint density at radius 1 is 1.36 bits per heavy atom. The number of nitrogens with two attached hydrogens (primary N) is 1. The summed E-state index contributed by atoms with van der Waals surface area (Å²) in [5.74, 6) is 0. The Hall–Kier alpha value is -2.10. The summed E-state index contributed by atoms with van der Waals surface area (Å²) < 4.78 is 0. The first-order valence-corrected chi connectivity index (χ1v) is 4.12. The normalized spacial score (nSPS) is 11.1. The van der Waals surface area contributed by atoms with Crippen molar-refractivity contribution in [2.45, 2.75) is 0 Å². The number of benzene rings is 1. The summed E-state index contributed by atoms with van der Waals surface area (Å²) in [7, 11) is 0. The molecule has 2 rings (SSSR count). The van der Waals surface area contributed by atoms with Crippen molar-refractivity contribution < 1.29 is 5.21 Å². The molecule has 0 radical (unpaired) electrons. The smallest absolute Gasteiger partial charge is 0.0749 e. The Labute approximate surface area is 80.7 Å². The second-order valence-electron chi connectivity index (χ2n) is 2.97. The minimum absolute atomic E-state index is 0.692. The SMILES string of the molecule is Nc1ccc2ncc(/C=N/O)cc2c1. The van der Waals surface area contributed by atoms with Crippen molar-refractivity contribution in [3.8, 4) is 0 Å². The van der Waals surface area contributed by atoms with Gasteiger partial charge in [0.2, 0.25) is 0 Å². The largest absolute Gasteiger partial charge is 0.411 e. The van der Waals surface area contributed by atoms with Crippen LogP contribution in [-0.2, 0) is 0 Å². The second kappa shape index (κ2) is 3.33. The number of nitrogen functional groups attached to an aromatic ring is 1. The average Bonchev–Trinajstić information content (AvgIpc) is 2.17. The van der Waals surface area contributed by atoms with Crippen LogP contribution in [0.2, 0.25) is 0 Å². The number of pyridine rings is 1. The van der Waals surface area contributed by atoms with E-state index in [1.807, 2.05) is 18.2 Å². The van der Waals surface area contributed by atoms with E-state index in [-0.39, 0.29) is 0 Å². The van der Waals surface area contributed by atoms with E-state index in [9.17, 15) is 0 Å². The van der Waals surface area contributed by atoms with Crippen LogP contribution in [0.5, 0.6) is 0 Å².